The first kappa shape index (κ1) is 24.9. The maximum atomic E-state index is 11.7. The zero-order chi connectivity index (χ0) is 20.7. The summed E-state index contributed by atoms with van der Waals surface area (Å²) < 4.78 is 25.7. The minimum atomic E-state index is -3.25. The Bertz CT molecular complexity index is 894. The summed E-state index contributed by atoms with van der Waals surface area (Å²) in [5.41, 5.74) is 1.83. The summed E-state index contributed by atoms with van der Waals surface area (Å²) in [6, 6.07) is 11.9. The molecule has 166 valence electrons. The minimum Gasteiger partial charge on any atom is -0.360 e. The molecule has 0 amide bonds. The van der Waals surface area contributed by atoms with E-state index in [0.29, 0.717) is 6.54 Å². The number of anilines is 1. The van der Waals surface area contributed by atoms with Gasteiger partial charge in [0.25, 0.3) is 0 Å². The Morgan fingerprint density at radius 3 is 2.33 bits per heavy atom. The Kier molecular flexibility index (Phi) is 9.85. The van der Waals surface area contributed by atoms with Crippen molar-refractivity contribution in [2.24, 2.45) is 4.99 Å². The number of nitrogens with zero attached hydrogens (tertiary/aromatic N) is 3. The van der Waals surface area contributed by atoms with Crippen molar-refractivity contribution >= 4 is 56.3 Å². The molecule has 2 N–H and O–H groups in total. The molecular formula is C20H30IN5O2S2. The number of halogens is 1. The van der Waals surface area contributed by atoms with E-state index in [1.807, 2.05) is 24.3 Å². The number of aliphatic imine (C=N–C) groups is 1. The van der Waals surface area contributed by atoms with Crippen LogP contribution in [-0.2, 0) is 22.3 Å². The molecule has 7 nitrogen and oxygen atoms in total. The average molecular weight is 564 g/mol. The third-order valence-corrected chi connectivity index (χ3v) is 7.10. The van der Waals surface area contributed by atoms with Crippen LogP contribution in [0.2, 0.25) is 0 Å². The van der Waals surface area contributed by atoms with Gasteiger partial charge in [-0.15, -0.1) is 35.3 Å². The highest BCUT2D eigenvalue weighted by atomic mass is 127. The first-order valence-corrected chi connectivity index (χ1v) is 12.3. The quantitative estimate of drug-likeness (QED) is 0.308. The lowest BCUT2D eigenvalue weighted by Crippen LogP contribution is -2.52. The molecule has 3 rings (SSSR count). The number of piperazine rings is 1. The third kappa shape index (κ3) is 7.10. The molecule has 1 fully saturated rings. The predicted octanol–water partition coefficient (Wildman–Crippen LogP) is 2.70. The fourth-order valence-electron chi connectivity index (χ4n) is 3.21. The topological polar surface area (TPSA) is 77.0 Å². The molecule has 10 heteroatoms. The standard InChI is InChI=1S/C20H29N5O2S2.HI/c1-3-22-20(25-12-10-24(11-13-25)19-5-4-14-28-19)23-15-17-6-8-18(9-7-17)16-29(26,27)21-2;/h4-9,14,21H,3,10-13,15-16H2,1-2H3,(H,22,23);1H. The van der Waals surface area contributed by atoms with E-state index in [1.54, 1.807) is 11.3 Å². The van der Waals surface area contributed by atoms with Crippen molar-refractivity contribution in [1.29, 1.82) is 0 Å². The lowest BCUT2D eigenvalue weighted by Gasteiger charge is -2.37. The largest absolute Gasteiger partial charge is 0.360 e. The van der Waals surface area contributed by atoms with Gasteiger partial charge in [0.1, 0.15) is 0 Å². The van der Waals surface area contributed by atoms with Gasteiger partial charge >= 0.3 is 0 Å². The molecule has 2 aromatic rings. The van der Waals surface area contributed by atoms with E-state index in [0.717, 1.165) is 49.8 Å². The van der Waals surface area contributed by atoms with Crippen molar-refractivity contribution in [3.8, 4) is 0 Å². The van der Waals surface area contributed by atoms with Crippen LogP contribution in [0, 0.1) is 0 Å². The van der Waals surface area contributed by atoms with Gasteiger partial charge in [-0.05, 0) is 42.6 Å². The van der Waals surface area contributed by atoms with E-state index < -0.39 is 10.0 Å². The molecule has 0 saturated carbocycles. The van der Waals surface area contributed by atoms with Crippen molar-refractivity contribution in [3.05, 3.63) is 52.9 Å². The Morgan fingerprint density at radius 2 is 1.77 bits per heavy atom. The average Bonchev–Trinajstić information content (AvgIpc) is 3.27. The SMILES string of the molecule is CCNC(=NCc1ccc(CS(=O)(=O)NC)cc1)N1CCN(c2cccs2)CC1.I. The maximum absolute atomic E-state index is 11.7. The van der Waals surface area contributed by atoms with Gasteiger partial charge in [-0.25, -0.2) is 18.1 Å². The Balaban J connectivity index is 0.00000320. The smallest absolute Gasteiger partial charge is 0.215 e. The van der Waals surface area contributed by atoms with Crippen LogP contribution in [0.5, 0.6) is 0 Å². The highest BCUT2D eigenvalue weighted by Crippen LogP contribution is 2.22. The van der Waals surface area contributed by atoms with Crippen LogP contribution in [0.25, 0.3) is 0 Å². The highest BCUT2D eigenvalue weighted by Gasteiger charge is 2.20. The number of hydrogen-bond donors (Lipinski definition) is 2. The fraction of sp³-hybridized carbons (Fsp3) is 0.450. The lowest BCUT2D eigenvalue weighted by atomic mass is 10.1. The van der Waals surface area contributed by atoms with Gasteiger partial charge < -0.3 is 15.1 Å². The summed E-state index contributed by atoms with van der Waals surface area (Å²) in [6.45, 7) is 7.31. The molecule has 30 heavy (non-hydrogen) atoms. The molecule has 0 radical (unpaired) electrons. The Morgan fingerprint density at radius 1 is 1.10 bits per heavy atom. The van der Waals surface area contributed by atoms with Gasteiger partial charge in [-0.2, -0.15) is 0 Å². The molecule has 0 atom stereocenters. The van der Waals surface area contributed by atoms with Crippen LogP contribution >= 0.6 is 35.3 Å². The van der Waals surface area contributed by atoms with E-state index in [4.69, 9.17) is 4.99 Å². The Labute approximate surface area is 200 Å². The maximum Gasteiger partial charge on any atom is 0.215 e. The summed E-state index contributed by atoms with van der Waals surface area (Å²) in [5.74, 6) is 0.921. The van der Waals surface area contributed by atoms with Gasteiger partial charge in [-0.1, -0.05) is 24.3 Å². The zero-order valence-corrected chi connectivity index (χ0v) is 21.3. The van der Waals surface area contributed by atoms with Crippen molar-refractivity contribution < 1.29 is 8.42 Å². The van der Waals surface area contributed by atoms with Crippen LogP contribution in [0.4, 0.5) is 5.00 Å². The van der Waals surface area contributed by atoms with E-state index in [-0.39, 0.29) is 29.7 Å². The first-order valence-electron chi connectivity index (χ1n) is 9.81. The molecule has 1 aliphatic heterocycles. The highest BCUT2D eigenvalue weighted by molar-refractivity contribution is 14.0. The van der Waals surface area contributed by atoms with E-state index in [1.165, 1.54) is 12.0 Å². The summed E-state index contributed by atoms with van der Waals surface area (Å²) in [4.78, 5) is 9.53. The molecule has 0 unspecified atom stereocenters. The molecule has 0 bridgehead atoms. The van der Waals surface area contributed by atoms with Gasteiger partial charge in [-0.3, -0.25) is 0 Å². The van der Waals surface area contributed by atoms with Crippen molar-refractivity contribution in [3.63, 3.8) is 0 Å². The van der Waals surface area contributed by atoms with E-state index in [9.17, 15) is 8.42 Å². The van der Waals surface area contributed by atoms with Crippen molar-refractivity contribution in [2.75, 3.05) is 44.7 Å². The molecule has 0 spiro atoms. The molecule has 0 aliphatic carbocycles. The molecule has 1 aromatic carbocycles. The number of benzene rings is 1. The van der Waals surface area contributed by atoms with Crippen LogP contribution in [0.15, 0.2) is 46.8 Å². The van der Waals surface area contributed by atoms with E-state index >= 15 is 0 Å². The Hall–Kier alpha value is -1.37. The first-order chi connectivity index (χ1) is 14.0. The second kappa shape index (κ2) is 11.9. The fourth-order valence-corrected chi connectivity index (χ4v) is 4.77. The number of thiophene rings is 1. The summed E-state index contributed by atoms with van der Waals surface area (Å²) in [7, 11) is -1.82. The molecule has 1 aromatic heterocycles. The minimum absolute atomic E-state index is 0. The number of nitrogens with one attached hydrogen (secondary N) is 2. The number of hydrogen-bond acceptors (Lipinski definition) is 5. The molecule has 1 saturated heterocycles. The number of rotatable bonds is 7. The molecule has 2 heterocycles. The van der Waals surface area contributed by atoms with Crippen molar-refractivity contribution in [1.82, 2.24) is 14.9 Å². The second-order valence-electron chi connectivity index (χ2n) is 6.88. The monoisotopic (exact) mass is 563 g/mol. The van der Waals surface area contributed by atoms with Crippen LogP contribution in [0.1, 0.15) is 18.1 Å². The third-order valence-electron chi connectivity index (χ3n) is 4.83. The van der Waals surface area contributed by atoms with Crippen LogP contribution < -0.4 is 14.9 Å². The normalized spacial score (nSPS) is 15.1. The summed E-state index contributed by atoms with van der Waals surface area (Å²) in [6.07, 6.45) is 0. The predicted molar refractivity (Wildman–Crippen MR) is 136 cm³/mol. The van der Waals surface area contributed by atoms with Gasteiger partial charge in [0.05, 0.1) is 17.3 Å². The zero-order valence-electron chi connectivity index (χ0n) is 17.4. The van der Waals surface area contributed by atoms with Gasteiger partial charge in [0.2, 0.25) is 10.0 Å². The van der Waals surface area contributed by atoms with Crippen molar-refractivity contribution in [2.45, 2.75) is 19.2 Å². The van der Waals surface area contributed by atoms with E-state index in [2.05, 4.69) is 44.3 Å². The second-order valence-corrected chi connectivity index (χ2v) is 9.73. The summed E-state index contributed by atoms with van der Waals surface area (Å²) in [5, 5.41) is 6.84. The summed E-state index contributed by atoms with van der Waals surface area (Å²) >= 11 is 1.78. The van der Waals surface area contributed by atoms with Crippen LogP contribution in [0.3, 0.4) is 0 Å². The molecule has 1 aliphatic rings. The molecular weight excluding hydrogens is 533 g/mol. The van der Waals surface area contributed by atoms with Crippen LogP contribution in [-0.4, -0.2) is 59.0 Å². The lowest BCUT2D eigenvalue weighted by molar-refractivity contribution is 0.373. The van der Waals surface area contributed by atoms with Gasteiger partial charge in [0.15, 0.2) is 5.96 Å². The number of sulfonamides is 1. The number of guanidine groups is 1. The van der Waals surface area contributed by atoms with Gasteiger partial charge in [0, 0.05) is 32.7 Å².